The second kappa shape index (κ2) is 8.23. The second-order valence-electron chi connectivity index (χ2n) is 7.49. The fourth-order valence-electron chi connectivity index (χ4n) is 3.75. The molecule has 0 bridgehead atoms. The summed E-state index contributed by atoms with van der Waals surface area (Å²) in [6.07, 6.45) is 0.508. The predicted octanol–water partition coefficient (Wildman–Crippen LogP) is 1.39. The smallest absolute Gasteiger partial charge is 0.253 e. The number of ether oxygens (including phenoxy) is 1. The molecule has 2 aliphatic heterocycles. The van der Waals surface area contributed by atoms with Crippen LogP contribution in [0.15, 0.2) is 48.5 Å². The standard InChI is InChI=1S/C22H26N4O3/c23-18-4-2-1-3-17(18)20(24)15-5-7-16(8-6-15)21(27)25-10-12-26(13-11-25)22(28)19-9-14-29-19/h1-8,19-20H,9-14,23-24H2. The number of benzene rings is 2. The number of hydrogen-bond donors (Lipinski definition) is 2. The van der Waals surface area contributed by atoms with Crippen LogP contribution >= 0.6 is 0 Å². The fourth-order valence-corrected chi connectivity index (χ4v) is 3.75. The van der Waals surface area contributed by atoms with E-state index < -0.39 is 0 Å². The molecule has 2 aromatic carbocycles. The molecule has 7 heteroatoms. The van der Waals surface area contributed by atoms with Crippen LogP contribution < -0.4 is 11.5 Å². The lowest BCUT2D eigenvalue weighted by Gasteiger charge is -2.38. The summed E-state index contributed by atoms with van der Waals surface area (Å²) in [5.41, 5.74) is 15.4. The Hall–Kier alpha value is -2.90. The average Bonchev–Trinajstić information content (AvgIpc) is 2.72. The molecule has 2 amide bonds. The number of rotatable bonds is 4. The topological polar surface area (TPSA) is 102 Å². The Morgan fingerprint density at radius 2 is 1.59 bits per heavy atom. The van der Waals surface area contributed by atoms with E-state index in [0.29, 0.717) is 44.0 Å². The minimum Gasteiger partial charge on any atom is -0.398 e. The zero-order valence-corrected chi connectivity index (χ0v) is 16.3. The highest BCUT2D eigenvalue weighted by Crippen LogP contribution is 2.25. The Balaban J connectivity index is 1.37. The Labute approximate surface area is 170 Å². The molecule has 2 unspecified atom stereocenters. The van der Waals surface area contributed by atoms with Crippen LogP contribution in [0.3, 0.4) is 0 Å². The van der Waals surface area contributed by atoms with E-state index in [9.17, 15) is 9.59 Å². The normalized spacial score (nSPS) is 20.1. The monoisotopic (exact) mass is 394 g/mol. The molecule has 152 valence electrons. The number of hydrogen-bond acceptors (Lipinski definition) is 5. The molecular formula is C22H26N4O3. The number of anilines is 1. The van der Waals surface area contributed by atoms with Crippen molar-refractivity contribution in [3.05, 3.63) is 65.2 Å². The van der Waals surface area contributed by atoms with E-state index in [4.69, 9.17) is 16.2 Å². The minimum absolute atomic E-state index is 0.0312. The van der Waals surface area contributed by atoms with Crippen LogP contribution in [0.2, 0.25) is 0 Å². The van der Waals surface area contributed by atoms with Crippen LogP contribution in [0.25, 0.3) is 0 Å². The van der Waals surface area contributed by atoms with Gasteiger partial charge in [-0.2, -0.15) is 0 Å². The summed E-state index contributed by atoms with van der Waals surface area (Å²) in [4.78, 5) is 28.7. The van der Waals surface area contributed by atoms with E-state index in [2.05, 4.69) is 0 Å². The number of nitrogens with two attached hydrogens (primary N) is 2. The van der Waals surface area contributed by atoms with E-state index in [1.165, 1.54) is 0 Å². The molecule has 2 atom stereocenters. The lowest BCUT2D eigenvalue weighted by Crippen LogP contribution is -2.54. The molecule has 29 heavy (non-hydrogen) atoms. The molecule has 0 aliphatic carbocycles. The van der Waals surface area contributed by atoms with Gasteiger partial charge in [-0.1, -0.05) is 30.3 Å². The maximum atomic E-state index is 12.8. The van der Waals surface area contributed by atoms with E-state index in [1.807, 2.05) is 36.4 Å². The molecule has 2 aliphatic rings. The Kier molecular flexibility index (Phi) is 5.51. The largest absolute Gasteiger partial charge is 0.398 e. The van der Waals surface area contributed by atoms with Crippen molar-refractivity contribution in [1.29, 1.82) is 0 Å². The number of nitrogen functional groups attached to an aromatic ring is 1. The SMILES string of the molecule is Nc1ccccc1C(N)c1ccc(C(=O)N2CCN(C(=O)C3CCO3)CC2)cc1. The lowest BCUT2D eigenvalue weighted by atomic mass is 9.97. The van der Waals surface area contributed by atoms with Gasteiger partial charge in [-0.15, -0.1) is 0 Å². The van der Waals surface area contributed by atoms with Gasteiger partial charge in [-0.05, 0) is 29.3 Å². The first kappa shape index (κ1) is 19.4. The highest BCUT2D eigenvalue weighted by molar-refractivity contribution is 5.94. The van der Waals surface area contributed by atoms with E-state index in [1.54, 1.807) is 21.9 Å². The third-order valence-electron chi connectivity index (χ3n) is 5.70. The van der Waals surface area contributed by atoms with Gasteiger partial charge in [0.2, 0.25) is 0 Å². The van der Waals surface area contributed by atoms with Crippen LogP contribution in [-0.2, 0) is 9.53 Å². The molecule has 0 radical (unpaired) electrons. The Bertz CT molecular complexity index is 887. The Morgan fingerprint density at radius 3 is 2.17 bits per heavy atom. The van der Waals surface area contributed by atoms with Crippen LogP contribution in [0, 0.1) is 0 Å². The highest BCUT2D eigenvalue weighted by Gasteiger charge is 2.33. The van der Waals surface area contributed by atoms with Crippen molar-refractivity contribution in [2.45, 2.75) is 18.6 Å². The number of piperazine rings is 1. The Morgan fingerprint density at radius 1 is 0.966 bits per heavy atom. The van der Waals surface area contributed by atoms with Crippen molar-refractivity contribution < 1.29 is 14.3 Å². The van der Waals surface area contributed by atoms with Gasteiger partial charge in [0.15, 0.2) is 0 Å². The molecule has 4 rings (SSSR count). The maximum Gasteiger partial charge on any atom is 0.253 e. The summed E-state index contributed by atoms with van der Waals surface area (Å²) in [7, 11) is 0. The van der Waals surface area contributed by atoms with Gasteiger partial charge in [0.05, 0.1) is 12.6 Å². The zero-order chi connectivity index (χ0) is 20.4. The van der Waals surface area contributed by atoms with Crippen LogP contribution in [0.1, 0.15) is 33.9 Å². The number of para-hydroxylation sites is 1. The van der Waals surface area contributed by atoms with Crippen LogP contribution in [0.5, 0.6) is 0 Å². The van der Waals surface area contributed by atoms with Crippen molar-refractivity contribution in [2.24, 2.45) is 5.73 Å². The molecule has 2 heterocycles. The first-order valence-electron chi connectivity index (χ1n) is 9.94. The van der Waals surface area contributed by atoms with E-state index >= 15 is 0 Å². The lowest BCUT2D eigenvalue weighted by molar-refractivity contribution is -0.157. The summed E-state index contributed by atoms with van der Waals surface area (Å²) in [6.45, 7) is 2.80. The third kappa shape index (κ3) is 3.97. The van der Waals surface area contributed by atoms with Gasteiger partial charge < -0.3 is 26.0 Å². The number of carbonyl (C=O) groups excluding carboxylic acids is 2. The van der Waals surface area contributed by atoms with Crippen molar-refractivity contribution in [1.82, 2.24) is 9.80 Å². The summed E-state index contributed by atoms with van der Waals surface area (Å²) < 4.78 is 5.27. The van der Waals surface area contributed by atoms with Gasteiger partial charge in [0.1, 0.15) is 6.10 Å². The minimum atomic E-state index is -0.344. The summed E-state index contributed by atoms with van der Waals surface area (Å²) in [5, 5.41) is 0. The van der Waals surface area contributed by atoms with E-state index in [-0.39, 0.29) is 24.0 Å². The predicted molar refractivity (Wildman–Crippen MR) is 110 cm³/mol. The molecule has 7 nitrogen and oxygen atoms in total. The van der Waals surface area contributed by atoms with Gasteiger partial charge in [0.25, 0.3) is 11.8 Å². The molecule has 0 aromatic heterocycles. The zero-order valence-electron chi connectivity index (χ0n) is 16.3. The molecule has 2 saturated heterocycles. The van der Waals surface area contributed by atoms with Gasteiger partial charge >= 0.3 is 0 Å². The van der Waals surface area contributed by atoms with Crippen molar-refractivity contribution in [3.8, 4) is 0 Å². The highest BCUT2D eigenvalue weighted by atomic mass is 16.5. The third-order valence-corrected chi connectivity index (χ3v) is 5.70. The van der Waals surface area contributed by atoms with Gasteiger partial charge in [-0.25, -0.2) is 0 Å². The van der Waals surface area contributed by atoms with Crippen molar-refractivity contribution >= 4 is 17.5 Å². The number of carbonyl (C=O) groups is 2. The molecule has 2 fully saturated rings. The van der Waals surface area contributed by atoms with Crippen molar-refractivity contribution in [2.75, 3.05) is 38.5 Å². The average molecular weight is 394 g/mol. The first-order valence-corrected chi connectivity index (χ1v) is 9.94. The van der Waals surface area contributed by atoms with Crippen molar-refractivity contribution in [3.63, 3.8) is 0 Å². The molecule has 2 aromatic rings. The maximum absolute atomic E-state index is 12.8. The van der Waals surface area contributed by atoms with Gasteiger partial charge in [-0.3, -0.25) is 9.59 Å². The second-order valence-corrected chi connectivity index (χ2v) is 7.49. The summed E-state index contributed by atoms with van der Waals surface area (Å²) in [6, 6.07) is 14.5. The molecule has 4 N–H and O–H groups in total. The number of nitrogens with zero attached hydrogens (tertiary/aromatic N) is 2. The first-order chi connectivity index (χ1) is 14.0. The van der Waals surface area contributed by atoms with E-state index in [0.717, 1.165) is 17.5 Å². The van der Waals surface area contributed by atoms with Gasteiger partial charge in [0, 0.05) is 43.9 Å². The molecule has 0 spiro atoms. The van der Waals surface area contributed by atoms with Crippen LogP contribution in [0.4, 0.5) is 5.69 Å². The molecule has 0 saturated carbocycles. The fraction of sp³-hybridized carbons (Fsp3) is 0.364. The summed E-state index contributed by atoms with van der Waals surface area (Å²) in [5.74, 6) is 0.0122. The summed E-state index contributed by atoms with van der Waals surface area (Å²) >= 11 is 0. The number of amides is 2. The van der Waals surface area contributed by atoms with Crippen LogP contribution in [-0.4, -0.2) is 60.5 Å². The quantitative estimate of drug-likeness (QED) is 0.763. The molecular weight excluding hydrogens is 368 g/mol.